The predicted octanol–water partition coefficient (Wildman–Crippen LogP) is 4.59. The number of benzene rings is 1. The van der Waals surface area contributed by atoms with Gasteiger partial charge in [-0.3, -0.25) is 9.69 Å². The van der Waals surface area contributed by atoms with Crippen molar-refractivity contribution in [1.29, 1.82) is 0 Å². The molecule has 1 heterocycles. The summed E-state index contributed by atoms with van der Waals surface area (Å²) in [5.41, 5.74) is 0.933. The van der Waals surface area contributed by atoms with Crippen LogP contribution in [-0.2, 0) is 4.79 Å². The maximum Gasteiger partial charge on any atom is 0.231 e. The van der Waals surface area contributed by atoms with Gasteiger partial charge in [-0.25, -0.2) is 4.98 Å². The zero-order chi connectivity index (χ0) is 18.5. The van der Waals surface area contributed by atoms with Crippen LogP contribution in [0.25, 0.3) is 10.2 Å². The van der Waals surface area contributed by atoms with Crippen LogP contribution in [0.3, 0.4) is 0 Å². The molecule has 0 saturated heterocycles. The molecule has 1 saturated carbocycles. The molecule has 7 heteroatoms. The van der Waals surface area contributed by atoms with Crippen LogP contribution < -0.4 is 9.64 Å². The summed E-state index contributed by atoms with van der Waals surface area (Å²) in [6.07, 6.45) is 3.19. The molecule has 5 nitrogen and oxygen atoms in total. The molecular formula is C20H30ClN3O2S. The Kier molecular flexibility index (Phi) is 8.32. The number of halogens is 1. The van der Waals surface area contributed by atoms with Crippen LogP contribution in [0, 0.1) is 5.92 Å². The molecule has 0 atom stereocenters. The third-order valence-electron chi connectivity index (χ3n) is 5.15. The molecule has 27 heavy (non-hydrogen) atoms. The number of carbonyl (C=O) groups excluding carboxylic acids is 1. The number of thiazole rings is 1. The molecule has 0 radical (unpaired) electrons. The van der Waals surface area contributed by atoms with Gasteiger partial charge in [0, 0.05) is 19.0 Å². The second-order valence-corrected chi connectivity index (χ2v) is 7.71. The van der Waals surface area contributed by atoms with Crippen LogP contribution in [0.15, 0.2) is 18.2 Å². The SMILES string of the molecule is CCOc1ccc2nc(N(CCN(CC)CC)C(=O)C3CCC3)sc2c1.Cl. The van der Waals surface area contributed by atoms with E-state index in [1.165, 1.54) is 0 Å². The molecule has 0 bridgehead atoms. The zero-order valence-corrected chi connectivity index (χ0v) is 18.1. The smallest absolute Gasteiger partial charge is 0.231 e. The van der Waals surface area contributed by atoms with Gasteiger partial charge in [0.1, 0.15) is 5.75 Å². The van der Waals surface area contributed by atoms with Crippen molar-refractivity contribution in [2.45, 2.75) is 40.0 Å². The van der Waals surface area contributed by atoms with E-state index in [2.05, 4.69) is 18.7 Å². The van der Waals surface area contributed by atoms with Gasteiger partial charge >= 0.3 is 0 Å². The highest BCUT2D eigenvalue weighted by Gasteiger charge is 2.31. The Hall–Kier alpha value is -1.37. The van der Waals surface area contributed by atoms with Crippen molar-refractivity contribution in [1.82, 2.24) is 9.88 Å². The molecule has 0 unspecified atom stereocenters. The number of anilines is 1. The van der Waals surface area contributed by atoms with E-state index in [-0.39, 0.29) is 24.2 Å². The zero-order valence-electron chi connectivity index (χ0n) is 16.4. The van der Waals surface area contributed by atoms with Gasteiger partial charge in [-0.1, -0.05) is 31.6 Å². The van der Waals surface area contributed by atoms with E-state index >= 15 is 0 Å². The Bertz CT molecular complexity index is 744. The van der Waals surface area contributed by atoms with Gasteiger partial charge in [-0.2, -0.15) is 0 Å². The molecule has 1 aliphatic rings. The summed E-state index contributed by atoms with van der Waals surface area (Å²) in [4.78, 5) is 22.0. The van der Waals surface area contributed by atoms with Crippen molar-refractivity contribution < 1.29 is 9.53 Å². The molecule has 1 fully saturated rings. The lowest BCUT2D eigenvalue weighted by Crippen LogP contribution is -2.43. The standard InChI is InChI=1S/C20H29N3O2S.ClH/c1-4-22(5-2)12-13-23(19(24)15-8-7-9-15)20-21-17-11-10-16(25-6-3)14-18(17)26-20;/h10-11,14-15H,4-9,12-13H2,1-3H3;1H. The minimum atomic E-state index is 0. The average Bonchev–Trinajstić information content (AvgIpc) is 3.00. The molecule has 3 rings (SSSR count). The predicted molar refractivity (Wildman–Crippen MR) is 116 cm³/mol. The number of ether oxygens (including phenoxy) is 1. The third-order valence-corrected chi connectivity index (χ3v) is 6.19. The highest BCUT2D eigenvalue weighted by atomic mass is 35.5. The molecule has 1 aliphatic carbocycles. The lowest BCUT2D eigenvalue weighted by Gasteiger charge is -2.31. The van der Waals surface area contributed by atoms with Crippen LogP contribution in [-0.4, -0.2) is 48.6 Å². The molecule has 0 N–H and O–H groups in total. The van der Waals surface area contributed by atoms with E-state index in [9.17, 15) is 4.79 Å². The van der Waals surface area contributed by atoms with Crippen LogP contribution >= 0.6 is 23.7 Å². The summed E-state index contributed by atoms with van der Waals surface area (Å²) in [6, 6.07) is 5.95. The minimum Gasteiger partial charge on any atom is -0.494 e. The minimum absolute atomic E-state index is 0. The van der Waals surface area contributed by atoms with E-state index in [1.54, 1.807) is 11.3 Å². The van der Waals surface area contributed by atoms with Crippen molar-refractivity contribution in [3.63, 3.8) is 0 Å². The first-order valence-electron chi connectivity index (χ1n) is 9.73. The maximum atomic E-state index is 13.0. The van der Waals surface area contributed by atoms with Crippen molar-refractivity contribution in [3.8, 4) is 5.75 Å². The average molecular weight is 412 g/mol. The fourth-order valence-corrected chi connectivity index (χ4v) is 4.25. The Morgan fingerprint density at radius 2 is 1.96 bits per heavy atom. The van der Waals surface area contributed by atoms with Gasteiger partial charge in [0.2, 0.25) is 5.91 Å². The molecule has 2 aromatic rings. The lowest BCUT2D eigenvalue weighted by atomic mass is 9.84. The van der Waals surface area contributed by atoms with E-state index in [0.717, 1.165) is 60.0 Å². The number of fused-ring (bicyclic) bond motifs is 1. The molecule has 150 valence electrons. The second kappa shape index (κ2) is 10.2. The number of rotatable bonds is 9. The summed E-state index contributed by atoms with van der Waals surface area (Å²) in [5.74, 6) is 1.28. The van der Waals surface area contributed by atoms with Crippen molar-refractivity contribution in [2.24, 2.45) is 5.92 Å². The van der Waals surface area contributed by atoms with Gasteiger partial charge in [-0.05, 0) is 51.1 Å². The fraction of sp³-hybridized carbons (Fsp3) is 0.600. The monoisotopic (exact) mass is 411 g/mol. The number of hydrogen-bond acceptors (Lipinski definition) is 5. The number of amides is 1. The normalized spacial score (nSPS) is 14.1. The van der Waals surface area contributed by atoms with Gasteiger partial charge < -0.3 is 9.64 Å². The first-order valence-corrected chi connectivity index (χ1v) is 10.5. The second-order valence-electron chi connectivity index (χ2n) is 6.70. The van der Waals surface area contributed by atoms with Crippen molar-refractivity contribution >= 4 is 45.0 Å². The number of nitrogens with zero attached hydrogens (tertiary/aromatic N) is 3. The number of likely N-dealkylation sites (N-methyl/N-ethyl adjacent to an activating group) is 1. The van der Waals surface area contributed by atoms with Gasteiger partial charge in [-0.15, -0.1) is 12.4 Å². The van der Waals surface area contributed by atoms with Gasteiger partial charge in [0.15, 0.2) is 5.13 Å². The lowest BCUT2D eigenvalue weighted by molar-refractivity contribution is -0.124. The number of hydrogen-bond donors (Lipinski definition) is 0. The molecule has 0 spiro atoms. The summed E-state index contributed by atoms with van der Waals surface area (Å²) in [7, 11) is 0. The van der Waals surface area contributed by atoms with Crippen LogP contribution in [0.1, 0.15) is 40.0 Å². The summed E-state index contributed by atoms with van der Waals surface area (Å²) < 4.78 is 6.67. The Morgan fingerprint density at radius 3 is 2.56 bits per heavy atom. The van der Waals surface area contributed by atoms with Gasteiger partial charge in [0.25, 0.3) is 0 Å². The van der Waals surface area contributed by atoms with E-state index in [4.69, 9.17) is 9.72 Å². The highest BCUT2D eigenvalue weighted by molar-refractivity contribution is 7.22. The molecule has 0 aliphatic heterocycles. The summed E-state index contributed by atoms with van der Waals surface area (Å²) in [6.45, 7) is 10.5. The maximum absolute atomic E-state index is 13.0. The number of aromatic nitrogens is 1. The number of carbonyl (C=O) groups is 1. The van der Waals surface area contributed by atoms with Gasteiger partial charge in [0.05, 0.1) is 16.8 Å². The molecule has 1 aromatic heterocycles. The molecule has 1 amide bonds. The quantitative estimate of drug-likeness (QED) is 0.605. The van der Waals surface area contributed by atoms with E-state index < -0.39 is 0 Å². The third kappa shape index (κ3) is 5.12. The topological polar surface area (TPSA) is 45.7 Å². The van der Waals surface area contributed by atoms with Crippen LogP contribution in [0.5, 0.6) is 5.75 Å². The highest BCUT2D eigenvalue weighted by Crippen LogP contribution is 2.35. The van der Waals surface area contributed by atoms with Crippen LogP contribution in [0.2, 0.25) is 0 Å². The van der Waals surface area contributed by atoms with E-state index in [0.29, 0.717) is 13.2 Å². The van der Waals surface area contributed by atoms with Crippen molar-refractivity contribution in [2.75, 3.05) is 37.7 Å². The van der Waals surface area contributed by atoms with E-state index in [1.807, 2.05) is 30.0 Å². The largest absolute Gasteiger partial charge is 0.494 e. The first kappa shape index (κ1) is 21.9. The Labute approximate surface area is 172 Å². The molecule has 1 aromatic carbocycles. The first-order chi connectivity index (χ1) is 12.7. The van der Waals surface area contributed by atoms with Crippen LogP contribution in [0.4, 0.5) is 5.13 Å². The fourth-order valence-electron chi connectivity index (χ4n) is 3.22. The Balaban J connectivity index is 0.00000261. The van der Waals surface area contributed by atoms with Crippen molar-refractivity contribution in [3.05, 3.63) is 18.2 Å². The summed E-state index contributed by atoms with van der Waals surface area (Å²) in [5, 5.41) is 0.817. The Morgan fingerprint density at radius 1 is 1.22 bits per heavy atom. The summed E-state index contributed by atoms with van der Waals surface area (Å²) >= 11 is 1.59. The molecular weight excluding hydrogens is 382 g/mol.